The van der Waals surface area contributed by atoms with Crippen molar-refractivity contribution < 1.29 is 9.84 Å². The zero-order valence-corrected chi connectivity index (χ0v) is 10.3. The number of aliphatic hydroxyl groups is 1. The first-order valence-corrected chi connectivity index (χ1v) is 6.39. The van der Waals surface area contributed by atoms with E-state index in [4.69, 9.17) is 4.74 Å². The maximum atomic E-state index is 10.4. The molecule has 1 aliphatic carbocycles. The predicted molar refractivity (Wildman–Crippen MR) is 67.6 cm³/mol. The molecule has 1 aromatic rings. The summed E-state index contributed by atoms with van der Waals surface area (Å²) in [6, 6.07) is 6.08. The first-order valence-electron chi connectivity index (χ1n) is 6.39. The van der Waals surface area contributed by atoms with Crippen LogP contribution in [0.4, 0.5) is 5.69 Å². The Hall–Kier alpha value is -1.22. The first kappa shape index (κ1) is 10.9. The van der Waals surface area contributed by atoms with Crippen molar-refractivity contribution in [1.82, 2.24) is 0 Å². The van der Waals surface area contributed by atoms with E-state index in [1.807, 2.05) is 12.1 Å². The third-order valence-corrected chi connectivity index (χ3v) is 3.88. The fourth-order valence-corrected chi connectivity index (χ4v) is 2.64. The minimum absolute atomic E-state index is 0.591. The molecule has 17 heavy (non-hydrogen) atoms. The molecule has 0 radical (unpaired) electrons. The van der Waals surface area contributed by atoms with Crippen LogP contribution in [0.5, 0.6) is 5.75 Å². The number of methoxy groups -OCH3 is 1. The Bertz CT molecular complexity index is 420. The maximum Gasteiger partial charge on any atom is 0.119 e. The molecule has 0 spiro atoms. The summed E-state index contributed by atoms with van der Waals surface area (Å²) in [6.45, 7) is 2.21. The molecule has 0 atom stereocenters. The van der Waals surface area contributed by atoms with E-state index in [-0.39, 0.29) is 0 Å². The highest BCUT2D eigenvalue weighted by Gasteiger charge is 2.44. The first-order chi connectivity index (χ1) is 8.23. The van der Waals surface area contributed by atoms with Crippen molar-refractivity contribution in [2.24, 2.45) is 0 Å². The van der Waals surface area contributed by atoms with Crippen LogP contribution in [0.1, 0.15) is 31.2 Å². The Balaban J connectivity index is 2.01. The van der Waals surface area contributed by atoms with Crippen LogP contribution < -0.4 is 9.64 Å². The number of rotatable bonds is 3. The largest absolute Gasteiger partial charge is 0.497 e. The molecular weight excluding hydrogens is 214 g/mol. The Kier molecular flexibility index (Phi) is 2.51. The second-order valence-electron chi connectivity index (χ2n) is 5.11. The lowest BCUT2D eigenvalue weighted by Crippen LogP contribution is -2.21. The fourth-order valence-electron chi connectivity index (χ4n) is 2.64. The van der Waals surface area contributed by atoms with Crippen LogP contribution in [-0.4, -0.2) is 25.3 Å². The minimum Gasteiger partial charge on any atom is -0.497 e. The van der Waals surface area contributed by atoms with Gasteiger partial charge in [0.2, 0.25) is 0 Å². The second-order valence-corrected chi connectivity index (χ2v) is 5.11. The van der Waals surface area contributed by atoms with E-state index in [2.05, 4.69) is 11.0 Å². The van der Waals surface area contributed by atoms with Gasteiger partial charge in [0, 0.05) is 24.3 Å². The highest BCUT2D eigenvalue weighted by molar-refractivity contribution is 5.60. The van der Waals surface area contributed by atoms with E-state index in [0.29, 0.717) is 0 Å². The number of hydrogen-bond acceptors (Lipinski definition) is 3. The molecule has 1 saturated heterocycles. The number of ether oxygens (including phenoxy) is 1. The standard InChI is InChI=1S/C14H19NO2/c1-17-11-4-5-13(15-8-2-3-9-15)12(10-11)14(16)6-7-14/h4-5,10,16H,2-3,6-9H2,1H3. The highest BCUT2D eigenvalue weighted by Crippen LogP contribution is 2.50. The van der Waals surface area contributed by atoms with Gasteiger partial charge in [0.05, 0.1) is 12.7 Å². The molecule has 0 aromatic heterocycles. The zero-order valence-electron chi connectivity index (χ0n) is 10.3. The van der Waals surface area contributed by atoms with Gasteiger partial charge in [-0.1, -0.05) is 0 Å². The third-order valence-electron chi connectivity index (χ3n) is 3.88. The van der Waals surface area contributed by atoms with Crippen molar-refractivity contribution in [3.8, 4) is 5.75 Å². The van der Waals surface area contributed by atoms with Gasteiger partial charge < -0.3 is 14.7 Å². The Morgan fingerprint density at radius 2 is 1.94 bits per heavy atom. The monoisotopic (exact) mass is 233 g/mol. The lowest BCUT2D eigenvalue weighted by atomic mass is 10.0. The molecule has 1 aliphatic heterocycles. The van der Waals surface area contributed by atoms with E-state index in [0.717, 1.165) is 37.2 Å². The van der Waals surface area contributed by atoms with Crippen LogP contribution in [0.3, 0.4) is 0 Å². The quantitative estimate of drug-likeness (QED) is 0.869. The van der Waals surface area contributed by atoms with E-state index in [9.17, 15) is 5.11 Å². The predicted octanol–water partition coefficient (Wildman–Crippen LogP) is 2.28. The Morgan fingerprint density at radius 3 is 2.53 bits per heavy atom. The number of benzene rings is 1. The van der Waals surface area contributed by atoms with Gasteiger partial charge in [0.25, 0.3) is 0 Å². The molecule has 3 rings (SSSR count). The van der Waals surface area contributed by atoms with Crippen LogP contribution in [-0.2, 0) is 5.60 Å². The summed E-state index contributed by atoms with van der Waals surface area (Å²) in [5.41, 5.74) is 1.66. The molecule has 1 heterocycles. The van der Waals surface area contributed by atoms with Gasteiger partial charge in [-0.3, -0.25) is 0 Å². The summed E-state index contributed by atoms with van der Waals surface area (Å²) < 4.78 is 5.27. The number of nitrogens with zero attached hydrogens (tertiary/aromatic N) is 1. The summed E-state index contributed by atoms with van der Waals surface area (Å²) in [5, 5.41) is 10.4. The molecule has 92 valence electrons. The van der Waals surface area contributed by atoms with Crippen LogP contribution in [0, 0.1) is 0 Å². The average Bonchev–Trinajstić information content (AvgIpc) is 2.91. The molecule has 0 unspecified atom stereocenters. The molecule has 1 aromatic carbocycles. The van der Waals surface area contributed by atoms with Crippen molar-refractivity contribution >= 4 is 5.69 Å². The Morgan fingerprint density at radius 1 is 1.24 bits per heavy atom. The van der Waals surface area contributed by atoms with Crippen molar-refractivity contribution in [2.75, 3.05) is 25.1 Å². The van der Waals surface area contributed by atoms with E-state index < -0.39 is 5.60 Å². The van der Waals surface area contributed by atoms with Crippen molar-refractivity contribution in [3.63, 3.8) is 0 Å². The topological polar surface area (TPSA) is 32.7 Å². The van der Waals surface area contributed by atoms with Crippen LogP contribution in [0.15, 0.2) is 18.2 Å². The summed E-state index contributed by atoms with van der Waals surface area (Å²) in [5.74, 6) is 0.836. The smallest absolute Gasteiger partial charge is 0.119 e. The zero-order chi connectivity index (χ0) is 11.9. The normalized spacial score (nSPS) is 21.6. The molecule has 3 nitrogen and oxygen atoms in total. The van der Waals surface area contributed by atoms with E-state index >= 15 is 0 Å². The maximum absolute atomic E-state index is 10.4. The van der Waals surface area contributed by atoms with Gasteiger partial charge in [-0.05, 0) is 43.9 Å². The lowest BCUT2D eigenvalue weighted by Gasteiger charge is -2.24. The average molecular weight is 233 g/mol. The fraction of sp³-hybridized carbons (Fsp3) is 0.571. The van der Waals surface area contributed by atoms with Crippen LogP contribution in [0.25, 0.3) is 0 Å². The Labute approximate surface area is 102 Å². The molecule has 2 aliphatic rings. The minimum atomic E-state index is -0.591. The van der Waals surface area contributed by atoms with Gasteiger partial charge in [0.1, 0.15) is 5.75 Å². The number of anilines is 1. The van der Waals surface area contributed by atoms with Crippen LogP contribution >= 0.6 is 0 Å². The summed E-state index contributed by atoms with van der Waals surface area (Å²) in [6.07, 6.45) is 4.26. The van der Waals surface area contributed by atoms with Crippen molar-refractivity contribution in [3.05, 3.63) is 23.8 Å². The van der Waals surface area contributed by atoms with Crippen LogP contribution in [0.2, 0.25) is 0 Å². The van der Waals surface area contributed by atoms with Gasteiger partial charge in [-0.25, -0.2) is 0 Å². The highest BCUT2D eigenvalue weighted by atomic mass is 16.5. The van der Waals surface area contributed by atoms with Gasteiger partial charge in [-0.2, -0.15) is 0 Å². The van der Waals surface area contributed by atoms with E-state index in [1.165, 1.54) is 18.5 Å². The van der Waals surface area contributed by atoms with Gasteiger partial charge in [-0.15, -0.1) is 0 Å². The van der Waals surface area contributed by atoms with Gasteiger partial charge >= 0.3 is 0 Å². The summed E-state index contributed by atoms with van der Waals surface area (Å²) in [4.78, 5) is 2.38. The third kappa shape index (κ3) is 1.89. The van der Waals surface area contributed by atoms with Crippen molar-refractivity contribution in [1.29, 1.82) is 0 Å². The van der Waals surface area contributed by atoms with E-state index in [1.54, 1.807) is 7.11 Å². The SMILES string of the molecule is COc1ccc(N2CCCC2)c(C2(O)CC2)c1. The second kappa shape index (κ2) is 3.91. The number of hydrogen-bond donors (Lipinski definition) is 1. The van der Waals surface area contributed by atoms with Gasteiger partial charge in [0.15, 0.2) is 0 Å². The molecule has 3 heteroatoms. The molecule has 1 saturated carbocycles. The molecular formula is C14H19NO2. The lowest BCUT2D eigenvalue weighted by molar-refractivity contribution is 0.151. The van der Waals surface area contributed by atoms with Crippen molar-refractivity contribution in [2.45, 2.75) is 31.3 Å². The molecule has 0 bridgehead atoms. The molecule has 1 N–H and O–H groups in total. The summed E-state index contributed by atoms with van der Waals surface area (Å²) >= 11 is 0. The summed E-state index contributed by atoms with van der Waals surface area (Å²) in [7, 11) is 1.67. The molecule has 0 amide bonds. The molecule has 2 fully saturated rings.